The summed E-state index contributed by atoms with van der Waals surface area (Å²) in [5.74, 6) is -1.31. The van der Waals surface area contributed by atoms with Gasteiger partial charge in [0.05, 0.1) is 21.2 Å². The number of aliphatic hydroxyl groups is 1. The number of carbonyl (C=O) groups excluding carboxylic acids is 1. The highest BCUT2D eigenvalue weighted by Crippen LogP contribution is 2.45. The second-order valence-electron chi connectivity index (χ2n) is 6.13. The van der Waals surface area contributed by atoms with Crippen LogP contribution in [0.1, 0.15) is 37.7 Å². The molecular weight excluding hydrogens is 382 g/mol. The second-order valence-corrected chi connectivity index (χ2v) is 6.94. The normalized spacial score (nSPS) is 20.1. The van der Waals surface area contributed by atoms with Crippen molar-refractivity contribution in [2.75, 3.05) is 0 Å². The Labute approximate surface area is 151 Å². The molecule has 4 nitrogen and oxygen atoms in total. The van der Waals surface area contributed by atoms with Crippen LogP contribution in [0.15, 0.2) is 17.9 Å². The van der Waals surface area contributed by atoms with Gasteiger partial charge in [-0.1, -0.05) is 42.5 Å². The van der Waals surface area contributed by atoms with Crippen LogP contribution >= 0.6 is 23.2 Å². The second kappa shape index (κ2) is 6.29. The SMILES string of the molecule is O=C1NC2(CCCCC2)C(O)=C1c1c(Cl)cc(OC(F)(F)F)cc1Cl. The number of alkyl halides is 3. The lowest BCUT2D eigenvalue weighted by Gasteiger charge is -2.33. The summed E-state index contributed by atoms with van der Waals surface area (Å²) in [6.07, 6.45) is -1.04. The van der Waals surface area contributed by atoms with Crippen molar-refractivity contribution < 1.29 is 27.8 Å². The molecule has 25 heavy (non-hydrogen) atoms. The van der Waals surface area contributed by atoms with Gasteiger partial charge in [0, 0.05) is 5.56 Å². The zero-order valence-electron chi connectivity index (χ0n) is 12.8. The van der Waals surface area contributed by atoms with Crippen molar-refractivity contribution in [3.05, 3.63) is 33.5 Å². The van der Waals surface area contributed by atoms with Crippen LogP contribution in [0.4, 0.5) is 13.2 Å². The van der Waals surface area contributed by atoms with Crippen molar-refractivity contribution in [1.29, 1.82) is 0 Å². The van der Waals surface area contributed by atoms with Crippen LogP contribution in [0, 0.1) is 0 Å². The van der Waals surface area contributed by atoms with E-state index in [4.69, 9.17) is 23.2 Å². The number of amides is 1. The Balaban J connectivity index is 2.05. The van der Waals surface area contributed by atoms with Crippen LogP contribution < -0.4 is 10.1 Å². The third kappa shape index (κ3) is 3.40. The summed E-state index contributed by atoms with van der Waals surface area (Å²) in [5.41, 5.74) is -0.955. The summed E-state index contributed by atoms with van der Waals surface area (Å²) in [7, 11) is 0. The van der Waals surface area contributed by atoms with E-state index in [1.807, 2.05) is 0 Å². The van der Waals surface area contributed by atoms with Crippen molar-refractivity contribution in [1.82, 2.24) is 5.32 Å². The molecule has 1 fully saturated rings. The Morgan fingerprint density at radius 3 is 2.20 bits per heavy atom. The molecule has 1 aliphatic carbocycles. The third-order valence-electron chi connectivity index (χ3n) is 4.48. The molecule has 1 amide bonds. The number of nitrogens with one attached hydrogen (secondary N) is 1. The molecule has 2 aliphatic rings. The van der Waals surface area contributed by atoms with E-state index in [0.717, 1.165) is 31.4 Å². The number of carbonyl (C=O) groups is 1. The smallest absolute Gasteiger partial charge is 0.509 e. The predicted molar refractivity (Wildman–Crippen MR) is 86.7 cm³/mol. The van der Waals surface area contributed by atoms with Gasteiger partial charge in [-0.25, -0.2) is 0 Å². The van der Waals surface area contributed by atoms with E-state index in [9.17, 15) is 23.1 Å². The molecule has 0 aromatic heterocycles. The Hall–Kier alpha value is -1.60. The quantitative estimate of drug-likeness (QED) is 0.740. The molecule has 2 N–H and O–H groups in total. The Morgan fingerprint density at radius 1 is 1.12 bits per heavy atom. The first-order valence-corrected chi connectivity index (χ1v) is 8.40. The van der Waals surface area contributed by atoms with Crippen molar-refractivity contribution in [3.63, 3.8) is 0 Å². The largest absolute Gasteiger partial charge is 0.573 e. The fraction of sp³-hybridized carbons (Fsp3) is 0.438. The first-order valence-electron chi connectivity index (χ1n) is 7.64. The molecule has 0 atom stereocenters. The molecule has 0 saturated heterocycles. The molecule has 0 unspecified atom stereocenters. The minimum atomic E-state index is -4.90. The van der Waals surface area contributed by atoms with Crippen LogP contribution in [0.25, 0.3) is 5.57 Å². The highest BCUT2D eigenvalue weighted by Gasteiger charge is 2.47. The average Bonchev–Trinajstić information content (AvgIpc) is 2.70. The lowest BCUT2D eigenvalue weighted by Crippen LogP contribution is -2.46. The maximum Gasteiger partial charge on any atom is 0.573 e. The van der Waals surface area contributed by atoms with E-state index in [2.05, 4.69) is 10.1 Å². The number of halogens is 5. The Kier molecular flexibility index (Phi) is 4.58. The monoisotopic (exact) mass is 395 g/mol. The highest BCUT2D eigenvalue weighted by molar-refractivity contribution is 6.41. The van der Waals surface area contributed by atoms with Crippen LogP contribution in [-0.4, -0.2) is 22.9 Å². The molecule has 1 saturated carbocycles. The van der Waals surface area contributed by atoms with Gasteiger partial charge in [0.15, 0.2) is 0 Å². The molecule has 0 bridgehead atoms. The maximum absolute atomic E-state index is 12.4. The molecule has 1 spiro atoms. The summed E-state index contributed by atoms with van der Waals surface area (Å²) in [6.45, 7) is 0. The first-order chi connectivity index (χ1) is 11.6. The number of rotatable bonds is 2. The molecular formula is C16H14Cl2F3NO3. The van der Waals surface area contributed by atoms with Gasteiger partial charge < -0.3 is 15.2 Å². The summed E-state index contributed by atoms with van der Waals surface area (Å²) in [6, 6.07) is 1.82. The molecule has 1 aliphatic heterocycles. The number of benzene rings is 1. The van der Waals surface area contributed by atoms with E-state index in [-0.39, 0.29) is 26.9 Å². The van der Waals surface area contributed by atoms with Crippen molar-refractivity contribution in [2.45, 2.75) is 44.0 Å². The summed E-state index contributed by atoms with van der Waals surface area (Å²) in [5, 5.41) is 13.0. The molecule has 1 aromatic rings. The lowest BCUT2D eigenvalue weighted by atomic mass is 9.80. The predicted octanol–water partition coefficient (Wildman–Crippen LogP) is 4.99. The van der Waals surface area contributed by atoms with E-state index >= 15 is 0 Å². The minimum Gasteiger partial charge on any atom is -0.509 e. The topological polar surface area (TPSA) is 58.6 Å². The summed E-state index contributed by atoms with van der Waals surface area (Å²) in [4.78, 5) is 12.4. The zero-order valence-corrected chi connectivity index (χ0v) is 14.4. The summed E-state index contributed by atoms with van der Waals surface area (Å²) < 4.78 is 40.8. The number of hydrogen-bond acceptors (Lipinski definition) is 3. The van der Waals surface area contributed by atoms with Gasteiger partial charge >= 0.3 is 6.36 Å². The van der Waals surface area contributed by atoms with E-state index in [1.54, 1.807) is 0 Å². The fourth-order valence-corrected chi connectivity index (χ4v) is 4.07. The van der Waals surface area contributed by atoms with Crippen LogP contribution in [0.5, 0.6) is 5.75 Å². The van der Waals surface area contributed by atoms with E-state index in [1.165, 1.54) is 0 Å². The first kappa shape index (κ1) is 18.2. The molecule has 0 radical (unpaired) electrons. The summed E-state index contributed by atoms with van der Waals surface area (Å²) >= 11 is 12.1. The van der Waals surface area contributed by atoms with Crippen LogP contribution in [-0.2, 0) is 4.79 Å². The van der Waals surface area contributed by atoms with Gasteiger partial charge in [-0.3, -0.25) is 4.79 Å². The standard InChI is InChI=1S/C16H14Cl2F3NO3/c17-9-6-8(25-16(19,20)21)7-10(18)11(9)12-13(23)15(22-14(12)24)4-2-1-3-5-15/h6-7,23H,1-5H2,(H,22,24). The molecule has 1 aromatic carbocycles. The minimum absolute atomic E-state index is 0.00435. The molecule has 136 valence electrons. The van der Waals surface area contributed by atoms with Gasteiger partial charge in [-0.05, 0) is 25.0 Å². The van der Waals surface area contributed by atoms with Crippen molar-refractivity contribution in [2.24, 2.45) is 0 Å². The third-order valence-corrected chi connectivity index (χ3v) is 5.07. The van der Waals surface area contributed by atoms with Gasteiger partial charge in [-0.15, -0.1) is 13.2 Å². The number of ether oxygens (including phenoxy) is 1. The molecule has 9 heteroatoms. The average molecular weight is 396 g/mol. The zero-order chi connectivity index (χ0) is 18.4. The van der Waals surface area contributed by atoms with Gasteiger partial charge in [0.1, 0.15) is 11.5 Å². The van der Waals surface area contributed by atoms with Gasteiger partial charge in [-0.2, -0.15) is 0 Å². The Morgan fingerprint density at radius 2 is 1.68 bits per heavy atom. The van der Waals surface area contributed by atoms with E-state index < -0.39 is 23.6 Å². The van der Waals surface area contributed by atoms with E-state index in [0.29, 0.717) is 12.8 Å². The van der Waals surface area contributed by atoms with Crippen LogP contribution in [0.2, 0.25) is 10.0 Å². The molecule has 3 rings (SSSR count). The maximum atomic E-state index is 12.4. The van der Waals surface area contributed by atoms with Gasteiger partial charge in [0.2, 0.25) is 0 Å². The van der Waals surface area contributed by atoms with Gasteiger partial charge in [0.25, 0.3) is 5.91 Å². The fourth-order valence-electron chi connectivity index (χ4n) is 3.42. The van der Waals surface area contributed by atoms with Crippen LogP contribution in [0.3, 0.4) is 0 Å². The highest BCUT2D eigenvalue weighted by atomic mass is 35.5. The number of hydrogen-bond donors (Lipinski definition) is 2. The lowest BCUT2D eigenvalue weighted by molar-refractivity contribution is -0.274. The van der Waals surface area contributed by atoms with Crippen molar-refractivity contribution >= 4 is 34.7 Å². The number of aliphatic hydroxyl groups excluding tert-OH is 1. The van der Waals surface area contributed by atoms with Crippen molar-refractivity contribution in [3.8, 4) is 5.75 Å². The Bertz CT molecular complexity index is 732. The molecule has 1 heterocycles.